The smallest absolute Gasteiger partial charge is 0.257 e. The topological polar surface area (TPSA) is 43.7 Å². The van der Waals surface area contributed by atoms with Crippen molar-refractivity contribution >= 4 is 29.0 Å². The molecule has 3 aliphatic heterocycles. The molecule has 144 valence electrons. The fourth-order valence-corrected chi connectivity index (χ4v) is 6.71. The van der Waals surface area contributed by atoms with Crippen LogP contribution in [-0.4, -0.2) is 53.7 Å². The van der Waals surface area contributed by atoms with Crippen LogP contribution in [0.3, 0.4) is 0 Å². The SMILES string of the molecule is O=C(c1c(-n2cccc2)sc2c1CCSC2)N1CCC(C2OCCO2)CC1. The molecule has 5 nitrogen and oxygen atoms in total. The average Bonchev–Trinajstić information content (AvgIpc) is 3.48. The standard InChI is InChI=1S/C20H24N2O3S2/c23-18(21-8-3-14(4-9-21)20-24-10-11-25-20)17-15-5-12-26-13-16(15)27-19(17)22-6-1-2-7-22/h1-2,6-7,14,20H,3-5,8-13H2. The zero-order chi connectivity index (χ0) is 18.2. The van der Waals surface area contributed by atoms with Gasteiger partial charge in [-0.25, -0.2) is 0 Å². The maximum Gasteiger partial charge on any atom is 0.257 e. The number of nitrogens with zero attached hydrogens (tertiary/aromatic N) is 2. The second kappa shape index (κ2) is 7.62. The van der Waals surface area contributed by atoms with Gasteiger partial charge in [-0.05, 0) is 42.7 Å². The minimum atomic E-state index is -0.0661. The highest BCUT2D eigenvalue weighted by Crippen LogP contribution is 2.39. The molecule has 0 spiro atoms. The number of thiophene rings is 1. The van der Waals surface area contributed by atoms with Crippen LogP contribution in [0.15, 0.2) is 24.5 Å². The van der Waals surface area contributed by atoms with Crippen LogP contribution in [0, 0.1) is 5.92 Å². The molecule has 27 heavy (non-hydrogen) atoms. The fourth-order valence-electron chi connectivity index (χ4n) is 4.27. The molecule has 0 N–H and O–H groups in total. The number of likely N-dealkylation sites (tertiary alicyclic amines) is 1. The van der Waals surface area contributed by atoms with E-state index in [0.29, 0.717) is 19.1 Å². The van der Waals surface area contributed by atoms with Crippen LogP contribution in [0.4, 0.5) is 0 Å². The lowest BCUT2D eigenvalue weighted by Crippen LogP contribution is -2.42. The van der Waals surface area contributed by atoms with Crippen molar-refractivity contribution in [1.29, 1.82) is 0 Å². The third-order valence-corrected chi connectivity index (χ3v) is 8.13. The normalized spacial score (nSPS) is 21.6. The Morgan fingerprint density at radius 2 is 1.85 bits per heavy atom. The first-order valence-electron chi connectivity index (χ1n) is 9.69. The van der Waals surface area contributed by atoms with E-state index < -0.39 is 0 Å². The summed E-state index contributed by atoms with van der Waals surface area (Å²) in [6.07, 6.45) is 6.93. The molecule has 3 aliphatic rings. The van der Waals surface area contributed by atoms with E-state index in [1.165, 1.54) is 10.4 Å². The number of aromatic nitrogens is 1. The number of rotatable bonds is 3. The number of amides is 1. The Balaban J connectivity index is 1.39. The van der Waals surface area contributed by atoms with E-state index in [1.54, 1.807) is 11.3 Å². The molecule has 5 heterocycles. The summed E-state index contributed by atoms with van der Waals surface area (Å²) in [6.45, 7) is 2.97. The second-order valence-electron chi connectivity index (χ2n) is 7.32. The van der Waals surface area contributed by atoms with Crippen molar-refractivity contribution in [2.45, 2.75) is 31.3 Å². The predicted molar refractivity (Wildman–Crippen MR) is 108 cm³/mol. The molecule has 2 aromatic heterocycles. The van der Waals surface area contributed by atoms with Crippen LogP contribution in [0.1, 0.15) is 33.6 Å². The molecule has 2 fully saturated rings. The second-order valence-corrected chi connectivity index (χ2v) is 9.51. The van der Waals surface area contributed by atoms with Crippen molar-refractivity contribution in [2.75, 3.05) is 32.1 Å². The van der Waals surface area contributed by atoms with Gasteiger partial charge in [0, 0.05) is 42.0 Å². The minimum absolute atomic E-state index is 0.0661. The van der Waals surface area contributed by atoms with E-state index >= 15 is 0 Å². The summed E-state index contributed by atoms with van der Waals surface area (Å²) in [5.41, 5.74) is 2.23. The van der Waals surface area contributed by atoms with Crippen LogP contribution in [0.2, 0.25) is 0 Å². The molecule has 5 rings (SSSR count). The Kier molecular flexibility index (Phi) is 5.02. The quantitative estimate of drug-likeness (QED) is 0.785. The number of carbonyl (C=O) groups is 1. The predicted octanol–water partition coefficient (Wildman–Crippen LogP) is 3.55. The molecule has 0 aliphatic carbocycles. The molecule has 0 unspecified atom stereocenters. The number of thioether (sulfide) groups is 1. The number of fused-ring (bicyclic) bond motifs is 1. The van der Waals surface area contributed by atoms with Gasteiger partial charge in [-0.3, -0.25) is 4.79 Å². The van der Waals surface area contributed by atoms with Gasteiger partial charge in [-0.1, -0.05) is 0 Å². The number of ether oxygens (including phenoxy) is 2. The van der Waals surface area contributed by atoms with Crippen molar-refractivity contribution in [3.05, 3.63) is 40.5 Å². The van der Waals surface area contributed by atoms with Gasteiger partial charge in [0.05, 0.1) is 18.8 Å². The van der Waals surface area contributed by atoms with Crippen LogP contribution in [0.5, 0.6) is 0 Å². The molecule has 0 aromatic carbocycles. The van der Waals surface area contributed by atoms with E-state index in [-0.39, 0.29) is 12.2 Å². The highest BCUT2D eigenvalue weighted by Gasteiger charge is 2.34. The van der Waals surface area contributed by atoms with Gasteiger partial charge in [0.15, 0.2) is 6.29 Å². The van der Waals surface area contributed by atoms with Crippen molar-refractivity contribution in [3.63, 3.8) is 0 Å². The van der Waals surface area contributed by atoms with Crippen LogP contribution in [-0.2, 0) is 21.6 Å². The molecule has 0 saturated carbocycles. The van der Waals surface area contributed by atoms with Crippen LogP contribution in [0.25, 0.3) is 5.00 Å². The Morgan fingerprint density at radius 3 is 2.59 bits per heavy atom. The fraction of sp³-hybridized carbons (Fsp3) is 0.550. The van der Waals surface area contributed by atoms with E-state index in [0.717, 1.165) is 54.4 Å². The van der Waals surface area contributed by atoms with Crippen LogP contribution < -0.4 is 0 Å². The lowest BCUT2D eigenvalue weighted by Gasteiger charge is -2.34. The number of hydrogen-bond donors (Lipinski definition) is 0. The maximum absolute atomic E-state index is 13.5. The van der Waals surface area contributed by atoms with Crippen molar-refractivity contribution in [1.82, 2.24) is 9.47 Å². The zero-order valence-electron chi connectivity index (χ0n) is 15.3. The lowest BCUT2D eigenvalue weighted by molar-refractivity contribution is -0.0956. The lowest BCUT2D eigenvalue weighted by atomic mass is 9.95. The maximum atomic E-state index is 13.5. The summed E-state index contributed by atoms with van der Waals surface area (Å²) < 4.78 is 13.5. The van der Waals surface area contributed by atoms with Crippen molar-refractivity contribution in [2.24, 2.45) is 5.92 Å². The van der Waals surface area contributed by atoms with Crippen molar-refractivity contribution in [3.8, 4) is 5.00 Å². The summed E-state index contributed by atoms with van der Waals surface area (Å²) >= 11 is 3.75. The zero-order valence-corrected chi connectivity index (χ0v) is 16.9. The first-order valence-corrected chi connectivity index (χ1v) is 11.7. The molecular weight excluding hydrogens is 380 g/mol. The third kappa shape index (κ3) is 3.35. The first-order chi connectivity index (χ1) is 13.3. The summed E-state index contributed by atoms with van der Waals surface area (Å²) in [7, 11) is 0. The number of piperidine rings is 1. The van der Waals surface area contributed by atoms with Gasteiger partial charge in [-0.2, -0.15) is 11.8 Å². The first kappa shape index (κ1) is 17.8. The molecule has 0 atom stereocenters. The summed E-state index contributed by atoms with van der Waals surface area (Å²) in [4.78, 5) is 16.9. The largest absolute Gasteiger partial charge is 0.350 e. The van der Waals surface area contributed by atoms with Gasteiger partial charge in [0.1, 0.15) is 5.00 Å². The van der Waals surface area contributed by atoms with E-state index in [4.69, 9.17) is 9.47 Å². The van der Waals surface area contributed by atoms with E-state index in [1.807, 2.05) is 41.2 Å². The third-order valence-electron chi connectivity index (χ3n) is 5.71. The minimum Gasteiger partial charge on any atom is -0.350 e. The Hall–Kier alpha value is -1.28. The molecule has 7 heteroatoms. The molecule has 0 radical (unpaired) electrons. The van der Waals surface area contributed by atoms with Gasteiger partial charge < -0.3 is 18.9 Å². The molecule has 2 saturated heterocycles. The number of hydrogen-bond acceptors (Lipinski definition) is 5. The Morgan fingerprint density at radius 1 is 1.11 bits per heavy atom. The highest BCUT2D eigenvalue weighted by atomic mass is 32.2. The number of carbonyl (C=O) groups excluding carboxylic acids is 1. The Labute approximate surface area is 167 Å². The van der Waals surface area contributed by atoms with E-state index in [9.17, 15) is 4.79 Å². The molecule has 2 aromatic rings. The van der Waals surface area contributed by atoms with E-state index in [2.05, 4.69) is 4.57 Å². The van der Waals surface area contributed by atoms with Crippen molar-refractivity contribution < 1.29 is 14.3 Å². The average molecular weight is 405 g/mol. The summed E-state index contributed by atoms with van der Waals surface area (Å²) in [5, 5.41) is 1.09. The van der Waals surface area contributed by atoms with Gasteiger partial charge >= 0.3 is 0 Å². The highest BCUT2D eigenvalue weighted by molar-refractivity contribution is 7.98. The van der Waals surface area contributed by atoms with Crippen LogP contribution >= 0.6 is 23.1 Å². The summed E-state index contributed by atoms with van der Waals surface area (Å²) in [5.74, 6) is 2.75. The monoisotopic (exact) mass is 404 g/mol. The molecular formula is C20H24N2O3S2. The van der Waals surface area contributed by atoms with Gasteiger partial charge in [0.25, 0.3) is 5.91 Å². The van der Waals surface area contributed by atoms with Gasteiger partial charge in [0.2, 0.25) is 0 Å². The summed E-state index contributed by atoms with van der Waals surface area (Å²) in [6, 6.07) is 4.05. The van der Waals surface area contributed by atoms with Gasteiger partial charge in [-0.15, -0.1) is 11.3 Å². The molecule has 0 bridgehead atoms. The Bertz CT molecular complexity index is 804. The molecule has 1 amide bonds.